The summed E-state index contributed by atoms with van der Waals surface area (Å²) in [6, 6.07) is 5.11. The molecule has 0 bridgehead atoms. The van der Waals surface area contributed by atoms with Gasteiger partial charge in [0.2, 0.25) is 15.9 Å². The van der Waals surface area contributed by atoms with Crippen LogP contribution in [0.4, 0.5) is 0 Å². The quantitative estimate of drug-likeness (QED) is 0.701. The molecule has 0 aliphatic carbocycles. The topological polar surface area (TPSA) is 93.5 Å². The molecule has 9 heteroatoms. The average molecular weight is 423 g/mol. The molecule has 1 aromatic heterocycles. The number of benzene rings is 1. The van der Waals surface area contributed by atoms with Crippen molar-refractivity contribution in [2.75, 3.05) is 26.3 Å². The highest BCUT2D eigenvalue weighted by atomic mass is 32.2. The van der Waals surface area contributed by atoms with Gasteiger partial charge in [-0.25, -0.2) is 13.4 Å². The van der Waals surface area contributed by atoms with Gasteiger partial charge in [0.15, 0.2) is 0 Å². The molecule has 1 unspecified atom stereocenters. The van der Waals surface area contributed by atoms with Crippen LogP contribution in [0, 0.1) is 0 Å². The Labute approximate surface area is 172 Å². The largest absolute Gasteiger partial charge is 0.379 e. The van der Waals surface area contributed by atoms with E-state index in [1.165, 1.54) is 4.31 Å². The lowest BCUT2D eigenvalue weighted by Crippen LogP contribution is -2.40. The Balaban J connectivity index is 1.73. The molecule has 1 aliphatic heterocycles. The fraction of sp³-hybridized carbons (Fsp3) is 0.600. The Morgan fingerprint density at radius 3 is 2.76 bits per heavy atom. The number of rotatable bonds is 8. The first-order chi connectivity index (χ1) is 13.9. The number of amides is 1. The van der Waals surface area contributed by atoms with Crippen molar-refractivity contribution in [1.29, 1.82) is 0 Å². The van der Waals surface area contributed by atoms with Crippen molar-refractivity contribution in [3.05, 3.63) is 24.0 Å². The zero-order valence-corrected chi connectivity index (χ0v) is 18.2. The zero-order valence-electron chi connectivity index (χ0n) is 17.3. The molecule has 1 atom stereocenters. The summed E-state index contributed by atoms with van der Waals surface area (Å²) in [6.07, 6.45) is 2.73. The van der Waals surface area contributed by atoms with Crippen LogP contribution >= 0.6 is 0 Å². The summed E-state index contributed by atoms with van der Waals surface area (Å²) >= 11 is 0. The summed E-state index contributed by atoms with van der Waals surface area (Å²) in [6.45, 7) is 5.82. The van der Waals surface area contributed by atoms with Gasteiger partial charge in [-0.1, -0.05) is 13.8 Å². The highest BCUT2D eigenvalue weighted by Crippen LogP contribution is 2.22. The third kappa shape index (κ3) is 4.79. The molecule has 160 valence electrons. The van der Waals surface area contributed by atoms with Crippen molar-refractivity contribution in [2.24, 2.45) is 7.05 Å². The molecule has 29 heavy (non-hydrogen) atoms. The van der Waals surface area contributed by atoms with Crippen LogP contribution in [-0.2, 0) is 33.0 Å². The van der Waals surface area contributed by atoms with E-state index in [1.807, 2.05) is 25.5 Å². The van der Waals surface area contributed by atoms with Gasteiger partial charge in [0.05, 0.1) is 28.6 Å². The monoisotopic (exact) mass is 422 g/mol. The molecule has 1 fully saturated rings. The highest BCUT2D eigenvalue weighted by Gasteiger charge is 2.23. The Hall–Kier alpha value is -1.97. The van der Waals surface area contributed by atoms with Gasteiger partial charge in [0.25, 0.3) is 0 Å². The maximum atomic E-state index is 12.8. The second-order valence-electron chi connectivity index (χ2n) is 7.31. The van der Waals surface area contributed by atoms with Gasteiger partial charge in [-0.05, 0) is 31.0 Å². The van der Waals surface area contributed by atoms with Gasteiger partial charge in [-0.15, -0.1) is 0 Å². The number of nitrogens with zero attached hydrogens (tertiary/aromatic N) is 3. The van der Waals surface area contributed by atoms with Gasteiger partial charge >= 0.3 is 0 Å². The number of aromatic nitrogens is 2. The fourth-order valence-corrected chi connectivity index (χ4v) is 5.18. The van der Waals surface area contributed by atoms with E-state index >= 15 is 0 Å². The first kappa shape index (κ1) is 21.7. The lowest BCUT2D eigenvalue weighted by atomic mass is 10.1. The second-order valence-corrected chi connectivity index (χ2v) is 9.25. The van der Waals surface area contributed by atoms with Crippen LogP contribution in [0.25, 0.3) is 11.0 Å². The zero-order chi connectivity index (χ0) is 21.0. The molecule has 0 saturated carbocycles. The smallest absolute Gasteiger partial charge is 0.243 e. The van der Waals surface area contributed by atoms with E-state index in [4.69, 9.17) is 4.74 Å². The van der Waals surface area contributed by atoms with E-state index in [2.05, 4.69) is 10.3 Å². The number of aryl methyl sites for hydroxylation is 2. The maximum Gasteiger partial charge on any atom is 0.243 e. The number of sulfonamides is 1. The van der Waals surface area contributed by atoms with Crippen molar-refractivity contribution in [2.45, 2.75) is 50.5 Å². The molecular formula is C20H30N4O4S. The van der Waals surface area contributed by atoms with E-state index in [1.54, 1.807) is 18.2 Å². The first-order valence-corrected chi connectivity index (χ1v) is 11.6. The van der Waals surface area contributed by atoms with E-state index in [0.29, 0.717) is 38.1 Å². The number of ether oxygens (including phenoxy) is 1. The summed E-state index contributed by atoms with van der Waals surface area (Å²) in [5.41, 5.74) is 1.47. The van der Waals surface area contributed by atoms with Crippen molar-refractivity contribution >= 4 is 27.0 Å². The molecular weight excluding hydrogens is 392 g/mol. The third-order valence-corrected chi connectivity index (χ3v) is 7.44. The molecule has 8 nitrogen and oxygen atoms in total. The minimum Gasteiger partial charge on any atom is -0.379 e. The number of imidazole rings is 1. The molecule has 1 N–H and O–H groups in total. The van der Waals surface area contributed by atoms with Crippen LogP contribution in [0.1, 0.15) is 38.9 Å². The normalized spacial score (nSPS) is 17.7. The molecule has 2 heterocycles. The average Bonchev–Trinajstić information content (AvgIpc) is 3.03. The molecule has 1 amide bonds. The number of nitrogens with one attached hydrogen (secondary N) is 1. The predicted octanol–water partition coefficient (Wildman–Crippen LogP) is 1.83. The van der Waals surface area contributed by atoms with Crippen LogP contribution in [0.2, 0.25) is 0 Å². The van der Waals surface area contributed by atoms with E-state index in [9.17, 15) is 13.2 Å². The van der Waals surface area contributed by atoms with Gasteiger partial charge in [0, 0.05) is 39.6 Å². The summed E-state index contributed by atoms with van der Waals surface area (Å²) < 4.78 is 34.3. The van der Waals surface area contributed by atoms with Crippen LogP contribution < -0.4 is 5.32 Å². The molecule has 1 aromatic carbocycles. The van der Waals surface area contributed by atoms with Gasteiger partial charge in [0.1, 0.15) is 5.82 Å². The third-order valence-electron chi connectivity index (χ3n) is 5.39. The van der Waals surface area contributed by atoms with Crippen molar-refractivity contribution in [3.63, 3.8) is 0 Å². The van der Waals surface area contributed by atoms with Gasteiger partial charge in [-0.2, -0.15) is 4.31 Å². The minimum absolute atomic E-state index is 0.0163. The summed E-state index contributed by atoms with van der Waals surface area (Å²) in [5.74, 6) is 0.741. The number of hydrogen-bond acceptors (Lipinski definition) is 5. The Morgan fingerprint density at radius 2 is 2.10 bits per heavy atom. The van der Waals surface area contributed by atoms with Gasteiger partial charge in [-0.3, -0.25) is 4.79 Å². The summed E-state index contributed by atoms with van der Waals surface area (Å²) in [7, 11) is -1.65. The van der Waals surface area contributed by atoms with Crippen LogP contribution in [-0.4, -0.2) is 60.5 Å². The number of carbonyl (C=O) groups is 1. The SMILES string of the molecule is CCN(CC)S(=O)(=O)c1ccc2c(c1)nc(CCC(=O)NC1CCCOC1)n2C. The molecule has 1 saturated heterocycles. The number of hydrogen-bond donors (Lipinski definition) is 1. The number of fused-ring (bicyclic) bond motifs is 1. The van der Waals surface area contributed by atoms with E-state index < -0.39 is 10.0 Å². The van der Waals surface area contributed by atoms with E-state index in [-0.39, 0.29) is 16.8 Å². The maximum absolute atomic E-state index is 12.8. The van der Waals surface area contributed by atoms with Crippen LogP contribution in [0.15, 0.2) is 23.1 Å². The van der Waals surface area contributed by atoms with Crippen molar-refractivity contribution in [3.8, 4) is 0 Å². The van der Waals surface area contributed by atoms with Gasteiger partial charge < -0.3 is 14.6 Å². The Bertz CT molecular complexity index is 960. The molecule has 2 aromatic rings. The Kier molecular flexibility index (Phi) is 6.92. The minimum atomic E-state index is -3.53. The predicted molar refractivity (Wildman–Crippen MR) is 111 cm³/mol. The number of carbonyl (C=O) groups excluding carboxylic acids is 1. The lowest BCUT2D eigenvalue weighted by molar-refractivity contribution is -0.122. The van der Waals surface area contributed by atoms with E-state index in [0.717, 1.165) is 30.8 Å². The lowest BCUT2D eigenvalue weighted by Gasteiger charge is -2.23. The summed E-state index contributed by atoms with van der Waals surface area (Å²) in [5, 5.41) is 3.01. The Morgan fingerprint density at radius 1 is 1.34 bits per heavy atom. The van der Waals surface area contributed by atoms with Crippen molar-refractivity contribution < 1.29 is 17.9 Å². The second kappa shape index (κ2) is 9.23. The molecule has 3 rings (SSSR count). The van der Waals surface area contributed by atoms with Crippen molar-refractivity contribution in [1.82, 2.24) is 19.2 Å². The van der Waals surface area contributed by atoms with Crippen LogP contribution in [0.5, 0.6) is 0 Å². The molecule has 1 aliphatic rings. The fourth-order valence-electron chi connectivity index (χ4n) is 3.71. The summed E-state index contributed by atoms with van der Waals surface area (Å²) in [4.78, 5) is 17.1. The highest BCUT2D eigenvalue weighted by molar-refractivity contribution is 7.89. The standard InChI is InChI=1S/C20H30N4O4S/c1-4-24(5-2)29(26,27)16-8-9-18-17(13-16)22-19(23(18)3)10-11-20(25)21-15-7-6-12-28-14-15/h8-9,13,15H,4-7,10-12,14H2,1-3H3,(H,21,25). The molecule has 0 radical (unpaired) electrons. The molecule has 0 spiro atoms. The van der Waals surface area contributed by atoms with Crippen LogP contribution in [0.3, 0.4) is 0 Å². The first-order valence-electron chi connectivity index (χ1n) is 10.2.